The van der Waals surface area contributed by atoms with Gasteiger partial charge in [-0.05, 0) is 50.1 Å². The zero-order chi connectivity index (χ0) is 10.2. The Kier molecular flexibility index (Phi) is 2.85. The van der Waals surface area contributed by atoms with Crippen LogP contribution < -0.4 is 5.73 Å². The van der Waals surface area contributed by atoms with Crippen LogP contribution in [-0.2, 0) is 0 Å². The first-order valence-corrected chi connectivity index (χ1v) is 6.07. The molecule has 2 heteroatoms. The number of likely N-dealkylation sites (tertiary alicyclic amines) is 1. The summed E-state index contributed by atoms with van der Waals surface area (Å²) in [5.41, 5.74) is 6.16. The third-order valence-electron chi connectivity index (χ3n) is 4.06. The second-order valence-corrected chi connectivity index (χ2v) is 5.75. The smallest absolute Gasteiger partial charge is 0.00966 e. The Morgan fingerprint density at radius 2 is 2.00 bits per heavy atom. The summed E-state index contributed by atoms with van der Waals surface area (Å²) in [4.78, 5) is 2.70. The minimum Gasteiger partial charge on any atom is -0.330 e. The molecule has 2 aliphatic rings. The zero-order valence-electron chi connectivity index (χ0n) is 9.63. The summed E-state index contributed by atoms with van der Waals surface area (Å²) < 4.78 is 0. The molecule has 1 saturated heterocycles. The van der Waals surface area contributed by atoms with Gasteiger partial charge in [-0.2, -0.15) is 0 Å². The van der Waals surface area contributed by atoms with Crippen LogP contribution in [0.5, 0.6) is 0 Å². The average Bonchev–Trinajstić information content (AvgIpc) is 2.91. The van der Waals surface area contributed by atoms with E-state index in [9.17, 15) is 0 Å². The van der Waals surface area contributed by atoms with E-state index in [4.69, 9.17) is 5.73 Å². The van der Waals surface area contributed by atoms with E-state index in [0.29, 0.717) is 5.41 Å². The first-order chi connectivity index (χ1) is 6.63. The molecule has 0 aromatic heterocycles. The predicted molar refractivity (Wildman–Crippen MR) is 60.2 cm³/mol. The summed E-state index contributed by atoms with van der Waals surface area (Å²) in [7, 11) is 0. The SMILES string of the molecule is CC1(C)CN(C2CC2)CCC1CCN. The second kappa shape index (κ2) is 3.82. The summed E-state index contributed by atoms with van der Waals surface area (Å²) in [6.07, 6.45) is 5.46. The zero-order valence-corrected chi connectivity index (χ0v) is 9.63. The van der Waals surface area contributed by atoms with Gasteiger partial charge in [-0.3, -0.25) is 4.90 Å². The highest BCUT2D eigenvalue weighted by Gasteiger charge is 2.40. The van der Waals surface area contributed by atoms with Crippen LogP contribution in [0.4, 0.5) is 0 Å². The van der Waals surface area contributed by atoms with E-state index in [-0.39, 0.29) is 0 Å². The van der Waals surface area contributed by atoms with Crippen molar-refractivity contribution in [1.29, 1.82) is 0 Å². The molecule has 0 radical (unpaired) electrons. The van der Waals surface area contributed by atoms with Gasteiger partial charge in [0.25, 0.3) is 0 Å². The predicted octanol–water partition coefficient (Wildman–Crippen LogP) is 1.85. The molecule has 82 valence electrons. The standard InChI is InChI=1S/C12H24N2/c1-12(2)9-14(11-3-4-11)8-6-10(12)5-7-13/h10-11H,3-9,13H2,1-2H3. The fourth-order valence-electron chi connectivity index (χ4n) is 2.93. The Hall–Kier alpha value is -0.0800. The topological polar surface area (TPSA) is 29.3 Å². The van der Waals surface area contributed by atoms with Crippen LogP contribution in [0.25, 0.3) is 0 Å². The monoisotopic (exact) mass is 196 g/mol. The molecule has 1 heterocycles. The Morgan fingerprint density at radius 3 is 2.50 bits per heavy atom. The molecule has 0 aromatic rings. The van der Waals surface area contributed by atoms with Gasteiger partial charge < -0.3 is 5.73 Å². The van der Waals surface area contributed by atoms with Gasteiger partial charge in [-0.1, -0.05) is 13.8 Å². The molecule has 0 amide bonds. The van der Waals surface area contributed by atoms with Gasteiger partial charge >= 0.3 is 0 Å². The van der Waals surface area contributed by atoms with E-state index in [1.807, 2.05) is 0 Å². The van der Waals surface area contributed by atoms with Crippen LogP contribution >= 0.6 is 0 Å². The molecule has 2 rings (SSSR count). The van der Waals surface area contributed by atoms with Gasteiger partial charge in [0, 0.05) is 12.6 Å². The van der Waals surface area contributed by atoms with Gasteiger partial charge in [0.05, 0.1) is 0 Å². The summed E-state index contributed by atoms with van der Waals surface area (Å²) >= 11 is 0. The molecule has 1 aliphatic carbocycles. The molecule has 2 nitrogen and oxygen atoms in total. The third-order valence-corrected chi connectivity index (χ3v) is 4.06. The van der Waals surface area contributed by atoms with E-state index in [2.05, 4.69) is 18.7 Å². The number of nitrogens with zero attached hydrogens (tertiary/aromatic N) is 1. The Bertz CT molecular complexity index is 196. The third kappa shape index (κ3) is 2.12. The van der Waals surface area contributed by atoms with Gasteiger partial charge in [-0.15, -0.1) is 0 Å². The van der Waals surface area contributed by atoms with Crippen LogP contribution in [0.15, 0.2) is 0 Å². The molecule has 1 saturated carbocycles. The molecule has 0 aromatic carbocycles. The van der Waals surface area contributed by atoms with Crippen LogP contribution in [0.2, 0.25) is 0 Å². The van der Waals surface area contributed by atoms with Crippen LogP contribution in [0, 0.1) is 11.3 Å². The van der Waals surface area contributed by atoms with Crippen molar-refractivity contribution in [3.8, 4) is 0 Å². The van der Waals surface area contributed by atoms with Crippen molar-refractivity contribution in [3.63, 3.8) is 0 Å². The molecule has 1 unspecified atom stereocenters. The molecule has 2 fully saturated rings. The number of hydrogen-bond acceptors (Lipinski definition) is 2. The minimum atomic E-state index is 0.486. The Balaban J connectivity index is 1.92. The maximum atomic E-state index is 5.67. The molecule has 14 heavy (non-hydrogen) atoms. The fourth-order valence-corrected chi connectivity index (χ4v) is 2.93. The molecule has 2 N–H and O–H groups in total. The highest BCUT2D eigenvalue weighted by atomic mass is 15.2. The fraction of sp³-hybridized carbons (Fsp3) is 1.00. The van der Waals surface area contributed by atoms with Gasteiger partial charge in [0.1, 0.15) is 0 Å². The van der Waals surface area contributed by atoms with Crippen molar-refractivity contribution in [3.05, 3.63) is 0 Å². The van der Waals surface area contributed by atoms with Crippen LogP contribution in [-0.4, -0.2) is 30.6 Å². The van der Waals surface area contributed by atoms with Gasteiger partial charge in [0.15, 0.2) is 0 Å². The summed E-state index contributed by atoms with van der Waals surface area (Å²) in [6.45, 7) is 8.31. The molecular weight excluding hydrogens is 172 g/mol. The van der Waals surface area contributed by atoms with Crippen molar-refractivity contribution >= 4 is 0 Å². The molecule has 0 spiro atoms. The molecular formula is C12H24N2. The maximum Gasteiger partial charge on any atom is 0.00966 e. The largest absolute Gasteiger partial charge is 0.330 e. The van der Waals surface area contributed by atoms with Crippen LogP contribution in [0.3, 0.4) is 0 Å². The van der Waals surface area contributed by atoms with Gasteiger partial charge in [0.2, 0.25) is 0 Å². The lowest BCUT2D eigenvalue weighted by molar-refractivity contribution is 0.0468. The number of rotatable bonds is 3. The van der Waals surface area contributed by atoms with Crippen molar-refractivity contribution in [2.24, 2.45) is 17.1 Å². The van der Waals surface area contributed by atoms with E-state index in [0.717, 1.165) is 18.5 Å². The van der Waals surface area contributed by atoms with Crippen LogP contribution in [0.1, 0.15) is 39.5 Å². The lowest BCUT2D eigenvalue weighted by atomic mass is 9.72. The first-order valence-electron chi connectivity index (χ1n) is 6.07. The molecule has 1 atom stereocenters. The van der Waals surface area contributed by atoms with E-state index in [1.165, 1.54) is 38.8 Å². The van der Waals surface area contributed by atoms with E-state index >= 15 is 0 Å². The van der Waals surface area contributed by atoms with Crippen molar-refractivity contribution in [2.45, 2.75) is 45.6 Å². The summed E-state index contributed by atoms with van der Waals surface area (Å²) in [5.74, 6) is 0.850. The van der Waals surface area contributed by atoms with Crippen molar-refractivity contribution in [1.82, 2.24) is 4.90 Å². The van der Waals surface area contributed by atoms with E-state index in [1.54, 1.807) is 0 Å². The average molecular weight is 196 g/mol. The lowest BCUT2D eigenvalue weighted by Gasteiger charge is -2.44. The van der Waals surface area contributed by atoms with Crippen molar-refractivity contribution in [2.75, 3.05) is 19.6 Å². The Labute approximate surface area is 87.8 Å². The number of hydrogen-bond donors (Lipinski definition) is 1. The lowest BCUT2D eigenvalue weighted by Crippen LogP contribution is -2.47. The Morgan fingerprint density at radius 1 is 1.29 bits per heavy atom. The summed E-state index contributed by atoms with van der Waals surface area (Å²) in [5, 5.41) is 0. The molecule has 0 bridgehead atoms. The second-order valence-electron chi connectivity index (χ2n) is 5.75. The van der Waals surface area contributed by atoms with Crippen molar-refractivity contribution < 1.29 is 0 Å². The maximum absolute atomic E-state index is 5.67. The number of piperidine rings is 1. The highest BCUT2D eigenvalue weighted by Crippen LogP contribution is 2.40. The van der Waals surface area contributed by atoms with Gasteiger partial charge in [-0.25, -0.2) is 0 Å². The highest BCUT2D eigenvalue weighted by molar-refractivity contribution is 4.93. The van der Waals surface area contributed by atoms with E-state index < -0.39 is 0 Å². The quantitative estimate of drug-likeness (QED) is 0.746. The normalized spacial score (nSPS) is 33.2. The minimum absolute atomic E-state index is 0.486. The number of nitrogens with two attached hydrogens (primary N) is 1. The molecule has 1 aliphatic heterocycles. The summed E-state index contributed by atoms with van der Waals surface area (Å²) in [6, 6.07) is 0.938. The first kappa shape index (κ1) is 10.4.